The molecule has 0 saturated carbocycles. The first-order chi connectivity index (χ1) is 60.2. The molecule has 0 radical (unpaired) electrons. The molecule has 0 aromatic carbocycles. The SMILES string of the molecule is CC/C=C\C/C=C\C/C=C\C/C=C\C/C=C\C/C=C\CCCCCCCCCCCCCCCCCCC(=O)OCC(O)COP(=O)(O)OCC(O)COP(=O)(O)OCC(COC(=O)CCCCCCCCCCCCCC/C=C\C/C=C\C/C=C\C/C=C\C/C=C\C/C=C\CC)OC(=O)CCCCCCC/C=C\C/C=C\C/C=C\C/C=C\C/C=C\CC. The Labute approximate surface area is 750 Å². The Bertz CT molecular complexity index is 3070. The molecule has 0 aromatic heterocycles. The normalized spacial score (nSPS) is 14.6. The fourth-order valence-electron chi connectivity index (χ4n) is 12.8. The second-order valence-electron chi connectivity index (χ2n) is 31.7. The predicted molar refractivity (Wildman–Crippen MR) is 518 cm³/mol. The Balaban J connectivity index is 4.57. The van der Waals surface area contributed by atoms with E-state index >= 15 is 0 Å². The molecule has 0 aromatic rings. The van der Waals surface area contributed by atoms with Gasteiger partial charge in [0.15, 0.2) is 6.10 Å². The van der Waals surface area contributed by atoms with Gasteiger partial charge in [0.05, 0.1) is 26.4 Å². The summed E-state index contributed by atoms with van der Waals surface area (Å²) < 4.78 is 61.5. The van der Waals surface area contributed by atoms with E-state index in [0.717, 1.165) is 193 Å². The summed E-state index contributed by atoms with van der Waals surface area (Å²) in [5.41, 5.74) is 0. The average molecular weight is 1750 g/mol. The summed E-state index contributed by atoms with van der Waals surface area (Å²) in [7, 11) is -9.83. The highest BCUT2D eigenvalue weighted by atomic mass is 31.2. The van der Waals surface area contributed by atoms with Gasteiger partial charge in [0.25, 0.3) is 0 Å². The highest BCUT2D eigenvalue weighted by Gasteiger charge is 2.30. The number of carbonyl (C=O) groups is 3. The molecule has 0 heterocycles. The third-order valence-corrected chi connectivity index (χ3v) is 21.9. The summed E-state index contributed by atoms with van der Waals surface area (Å²) in [6.45, 7) is 2.35. The summed E-state index contributed by atoms with van der Waals surface area (Å²) in [4.78, 5) is 59.1. The fraction of sp³-hybridized carbons (Fsp3) is 0.648. The molecule has 0 aliphatic rings. The number of phosphoric ester groups is 2. The molecule has 0 bridgehead atoms. The van der Waals surface area contributed by atoms with E-state index in [1.165, 1.54) is 128 Å². The van der Waals surface area contributed by atoms with Crippen LogP contribution >= 0.6 is 15.6 Å². The van der Waals surface area contributed by atoms with E-state index in [1.54, 1.807) is 0 Å². The van der Waals surface area contributed by atoms with Crippen LogP contribution in [-0.4, -0.2) is 95.9 Å². The number of phosphoric acid groups is 2. The molecule has 0 fully saturated rings. The molecule has 18 heteroatoms. The van der Waals surface area contributed by atoms with Gasteiger partial charge in [-0.3, -0.25) is 32.5 Å². The van der Waals surface area contributed by atoms with Crippen LogP contribution in [0.4, 0.5) is 0 Å². The minimum absolute atomic E-state index is 0.0761. The number of esters is 3. The van der Waals surface area contributed by atoms with E-state index in [4.69, 9.17) is 32.3 Å². The zero-order chi connectivity index (χ0) is 89.3. The number of ether oxygens (including phenoxy) is 3. The van der Waals surface area contributed by atoms with Gasteiger partial charge >= 0.3 is 33.6 Å². The molecule has 0 aliphatic carbocycles. The number of aliphatic hydroxyl groups is 2. The molecule has 0 spiro atoms. The molecule has 700 valence electrons. The van der Waals surface area contributed by atoms with Crippen LogP contribution in [0.2, 0.25) is 0 Å². The summed E-state index contributed by atoms with van der Waals surface area (Å²) in [5, 5.41) is 20.8. The van der Waals surface area contributed by atoms with E-state index in [-0.39, 0.29) is 19.3 Å². The third-order valence-electron chi connectivity index (χ3n) is 20.0. The summed E-state index contributed by atoms with van der Waals surface area (Å²) in [6, 6.07) is 0. The number of hydrogen-bond donors (Lipinski definition) is 4. The lowest BCUT2D eigenvalue weighted by atomic mass is 10.0. The predicted octanol–water partition coefficient (Wildman–Crippen LogP) is 30.3. The van der Waals surface area contributed by atoms with E-state index in [9.17, 15) is 43.5 Å². The summed E-state index contributed by atoms with van der Waals surface area (Å²) in [6.07, 6.45) is 129. The van der Waals surface area contributed by atoms with Crippen LogP contribution < -0.4 is 0 Å². The smallest absolute Gasteiger partial charge is 0.463 e. The maximum Gasteiger partial charge on any atom is 0.472 e. The Kier molecular flexibility index (Phi) is 90.7. The van der Waals surface area contributed by atoms with Crippen molar-refractivity contribution >= 4 is 33.6 Å². The lowest BCUT2D eigenvalue weighted by Gasteiger charge is -2.21. The highest BCUT2D eigenvalue weighted by Crippen LogP contribution is 2.45. The zero-order valence-electron chi connectivity index (χ0n) is 77.3. The van der Waals surface area contributed by atoms with Crippen LogP contribution in [-0.2, 0) is 55.8 Å². The van der Waals surface area contributed by atoms with Gasteiger partial charge in [-0.2, -0.15) is 0 Å². The van der Waals surface area contributed by atoms with Crippen LogP contribution in [0.25, 0.3) is 0 Å². The molecule has 0 saturated heterocycles. The van der Waals surface area contributed by atoms with E-state index in [1.807, 2.05) is 0 Å². The highest BCUT2D eigenvalue weighted by molar-refractivity contribution is 7.47. The number of carbonyl (C=O) groups excluding carboxylic acids is 3. The Morgan fingerprint density at radius 2 is 0.407 bits per heavy atom. The van der Waals surface area contributed by atoms with Gasteiger partial charge < -0.3 is 34.2 Å². The average Bonchev–Trinajstić information content (AvgIpc) is 0.898. The Morgan fingerprint density at radius 1 is 0.228 bits per heavy atom. The fourth-order valence-corrected chi connectivity index (χ4v) is 14.4. The Morgan fingerprint density at radius 3 is 0.642 bits per heavy atom. The minimum Gasteiger partial charge on any atom is -0.463 e. The zero-order valence-corrected chi connectivity index (χ0v) is 79.1. The number of aliphatic hydroxyl groups excluding tert-OH is 2. The van der Waals surface area contributed by atoms with Crippen molar-refractivity contribution in [2.75, 3.05) is 39.6 Å². The molecule has 5 unspecified atom stereocenters. The molecular formula is C105H174O16P2. The first-order valence-electron chi connectivity index (χ1n) is 48.4. The first-order valence-corrected chi connectivity index (χ1v) is 51.4. The van der Waals surface area contributed by atoms with Gasteiger partial charge in [0, 0.05) is 19.3 Å². The van der Waals surface area contributed by atoms with Gasteiger partial charge in [-0.1, -0.05) is 401 Å². The maximum atomic E-state index is 13.1. The summed E-state index contributed by atoms with van der Waals surface area (Å²) in [5.74, 6) is -1.60. The van der Waals surface area contributed by atoms with Crippen molar-refractivity contribution in [2.24, 2.45) is 0 Å². The quantitative estimate of drug-likeness (QED) is 0.0146. The van der Waals surface area contributed by atoms with Gasteiger partial charge in [-0.15, -0.1) is 0 Å². The van der Waals surface area contributed by atoms with Gasteiger partial charge in [-0.25, -0.2) is 9.13 Å². The van der Waals surface area contributed by atoms with Crippen molar-refractivity contribution < 1.29 is 75.8 Å². The molecule has 4 N–H and O–H groups in total. The van der Waals surface area contributed by atoms with Crippen molar-refractivity contribution in [1.29, 1.82) is 0 Å². The van der Waals surface area contributed by atoms with Crippen molar-refractivity contribution in [1.82, 2.24) is 0 Å². The van der Waals surface area contributed by atoms with E-state index in [2.05, 4.69) is 227 Å². The van der Waals surface area contributed by atoms with Gasteiger partial charge in [-0.05, 0) is 167 Å². The molecule has 0 amide bonds. The van der Waals surface area contributed by atoms with Gasteiger partial charge in [0.2, 0.25) is 0 Å². The van der Waals surface area contributed by atoms with Crippen LogP contribution in [0, 0.1) is 0 Å². The molecule has 0 aliphatic heterocycles. The van der Waals surface area contributed by atoms with Crippen molar-refractivity contribution in [3.63, 3.8) is 0 Å². The lowest BCUT2D eigenvalue weighted by molar-refractivity contribution is -0.161. The number of allylic oxidation sites excluding steroid dienone is 34. The van der Waals surface area contributed by atoms with Crippen LogP contribution in [0.3, 0.4) is 0 Å². The number of rotatable bonds is 90. The van der Waals surface area contributed by atoms with Crippen LogP contribution in [0.5, 0.6) is 0 Å². The van der Waals surface area contributed by atoms with Crippen LogP contribution in [0.15, 0.2) is 207 Å². The first kappa shape index (κ1) is 117. The Hall–Kier alpha value is -5.87. The monoisotopic (exact) mass is 1750 g/mol. The van der Waals surface area contributed by atoms with Gasteiger partial charge in [0.1, 0.15) is 25.4 Å². The second-order valence-corrected chi connectivity index (χ2v) is 34.6. The molecule has 5 atom stereocenters. The van der Waals surface area contributed by atoms with Crippen LogP contribution in [0.1, 0.15) is 380 Å². The summed E-state index contributed by atoms with van der Waals surface area (Å²) >= 11 is 0. The molecule has 0 rings (SSSR count). The molecule has 123 heavy (non-hydrogen) atoms. The van der Waals surface area contributed by atoms with Crippen molar-refractivity contribution in [3.8, 4) is 0 Å². The number of hydrogen-bond acceptors (Lipinski definition) is 14. The maximum absolute atomic E-state index is 13.1. The van der Waals surface area contributed by atoms with Crippen molar-refractivity contribution in [2.45, 2.75) is 399 Å². The topological polar surface area (TPSA) is 231 Å². The molecular weight excluding hydrogens is 1580 g/mol. The van der Waals surface area contributed by atoms with E-state index < -0.39 is 91.5 Å². The second kappa shape index (κ2) is 95.2. The minimum atomic E-state index is -4.95. The standard InChI is InChI=1S/C105H174O16P2/c1-4-7-10-13-16-19-22-25-28-31-34-37-39-41-43-45-47-48-49-50-52-54-55-57-59-62-64-67-70-73-76-79-82-85-88-91-103(108)115-94-100(106)95-117-122(111,112)118-96-101(107)97-119-123(113,114)120-99-102(121-105(110)93-90-87-84-81-78-75-72-69-66-61-36-33-30-27-24-21-18-15-12-9-6-3)98-116-104(109)92-89-86-83-80-77-74-71-68-65-63-60-58-56-53-51-46-44-42-40-38-35-32-29-26-23-20-17-14-11-8-5-2/h7-12,16-21,25-30,34-38,41-44,47-48,51,53,61,69,72,100-102,106-107H,4-6,13-15,22-24,31-33,39-40,45-46,49-50,52,54-60,62-68,70-71,73-99H2,1-3H3,(H,111,112)(H,113,114)/b10-7-,11-8-,12-9-,19-16-,20-17-,21-18-,28-25-,29-26-,30-27-,37-34-,38-35-,43-41-,44-42-,48-47-,53-51-,61-36-,72-69-. The largest absolute Gasteiger partial charge is 0.472 e. The lowest BCUT2D eigenvalue weighted by Crippen LogP contribution is -2.30. The van der Waals surface area contributed by atoms with Crippen molar-refractivity contribution in [3.05, 3.63) is 207 Å². The third kappa shape index (κ3) is 96.6. The molecule has 16 nitrogen and oxygen atoms in total. The number of unbranched alkanes of at least 4 members (excludes halogenated alkanes) is 33. The van der Waals surface area contributed by atoms with E-state index in [0.29, 0.717) is 19.3 Å².